The summed E-state index contributed by atoms with van der Waals surface area (Å²) in [4.78, 5) is 28.2. The van der Waals surface area contributed by atoms with Crippen LogP contribution in [0, 0.1) is 5.82 Å². The number of piperazine rings is 1. The van der Waals surface area contributed by atoms with Gasteiger partial charge in [0.15, 0.2) is 0 Å². The number of rotatable bonds is 4. The van der Waals surface area contributed by atoms with E-state index in [1.54, 1.807) is 28.0 Å². The molecular formula is C20H21FN2O2. The van der Waals surface area contributed by atoms with Crippen molar-refractivity contribution >= 4 is 11.8 Å². The molecule has 0 N–H and O–H groups in total. The van der Waals surface area contributed by atoms with Gasteiger partial charge in [0.2, 0.25) is 11.8 Å². The molecule has 3 rings (SSSR count). The molecule has 25 heavy (non-hydrogen) atoms. The monoisotopic (exact) mass is 340 g/mol. The normalized spacial score (nSPS) is 14.4. The number of hydrogen-bond acceptors (Lipinski definition) is 2. The van der Waals surface area contributed by atoms with Gasteiger partial charge >= 0.3 is 0 Å². The quantitative estimate of drug-likeness (QED) is 0.857. The summed E-state index contributed by atoms with van der Waals surface area (Å²) in [7, 11) is 0. The number of carbonyl (C=O) groups excluding carboxylic acids is 2. The molecule has 2 aromatic carbocycles. The standard InChI is InChI=1S/C20H21FN2O2/c21-18-9-5-4-8-17(18)15-20(25)23-12-10-22(11-13-23)19(24)14-16-6-2-1-3-7-16/h1-9H,10-15H2. The molecule has 1 saturated heterocycles. The summed E-state index contributed by atoms with van der Waals surface area (Å²) in [6.07, 6.45) is 0.439. The Bertz CT molecular complexity index is 740. The van der Waals surface area contributed by atoms with Gasteiger partial charge < -0.3 is 9.80 Å². The molecule has 0 saturated carbocycles. The van der Waals surface area contributed by atoms with Gasteiger partial charge in [-0.15, -0.1) is 0 Å². The van der Waals surface area contributed by atoms with Crippen LogP contribution in [0.15, 0.2) is 54.6 Å². The Morgan fingerprint density at radius 3 is 1.88 bits per heavy atom. The summed E-state index contributed by atoms with van der Waals surface area (Å²) in [6, 6.07) is 16.0. The number of hydrogen-bond donors (Lipinski definition) is 0. The summed E-state index contributed by atoms with van der Waals surface area (Å²) in [5, 5.41) is 0. The van der Waals surface area contributed by atoms with Crippen molar-refractivity contribution in [2.75, 3.05) is 26.2 Å². The van der Waals surface area contributed by atoms with Gasteiger partial charge in [-0.05, 0) is 17.2 Å². The Balaban J connectivity index is 1.50. The van der Waals surface area contributed by atoms with Crippen molar-refractivity contribution in [1.29, 1.82) is 0 Å². The molecular weight excluding hydrogens is 319 g/mol. The molecule has 5 heteroatoms. The summed E-state index contributed by atoms with van der Waals surface area (Å²) in [6.45, 7) is 2.03. The summed E-state index contributed by atoms with van der Waals surface area (Å²) in [5.41, 5.74) is 1.40. The largest absolute Gasteiger partial charge is 0.339 e. The van der Waals surface area contributed by atoms with E-state index in [-0.39, 0.29) is 24.1 Å². The predicted octanol–water partition coefficient (Wildman–Crippen LogP) is 2.28. The Morgan fingerprint density at radius 1 is 0.760 bits per heavy atom. The number of carbonyl (C=O) groups is 2. The first-order valence-corrected chi connectivity index (χ1v) is 8.46. The molecule has 2 amide bonds. The fourth-order valence-corrected chi connectivity index (χ4v) is 3.00. The molecule has 0 aliphatic carbocycles. The van der Waals surface area contributed by atoms with Gasteiger partial charge in [-0.25, -0.2) is 4.39 Å². The van der Waals surface area contributed by atoms with Crippen molar-refractivity contribution in [2.24, 2.45) is 0 Å². The maximum Gasteiger partial charge on any atom is 0.227 e. The van der Waals surface area contributed by atoms with Crippen LogP contribution < -0.4 is 0 Å². The van der Waals surface area contributed by atoms with Crippen molar-refractivity contribution in [1.82, 2.24) is 9.80 Å². The second-order valence-electron chi connectivity index (χ2n) is 6.19. The molecule has 0 bridgehead atoms. The van der Waals surface area contributed by atoms with Gasteiger partial charge in [-0.1, -0.05) is 48.5 Å². The highest BCUT2D eigenvalue weighted by atomic mass is 19.1. The lowest BCUT2D eigenvalue weighted by atomic mass is 10.1. The van der Waals surface area contributed by atoms with Crippen LogP contribution in [-0.4, -0.2) is 47.8 Å². The third-order valence-electron chi connectivity index (χ3n) is 4.48. The van der Waals surface area contributed by atoms with Gasteiger partial charge in [0.1, 0.15) is 5.82 Å². The number of nitrogens with zero attached hydrogens (tertiary/aromatic N) is 2. The molecule has 1 aliphatic rings. The summed E-state index contributed by atoms with van der Waals surface area (Å²) >= 11 is 0. The van der Waals surface area contributed by atoms with E-state index in [1.807, 2.05) is 30.3 Å². The Morgan fingerprint density at radius 2 is 1.28 bits per heavy atom. The molecule has 0 unspecified atom stereocenters. The number of amides is 2. The van der Waals surface area contributed by atoms with Crippen molar-refractivity contribution in [3.63, 3.8) is 0 Å². The molecule has 2 aromatic rings. The van der Waals surface area contributed by atoms with Crippen LogP contribution in [0.3, 0.4) is 0 Å². The predicted molar refractivity (Wildman–Crippen MR) is 93.4 cm³/mol. The van der Waals surface area contributed by atoms with Crippen molar-refractivity contribution < 1.29 is 14.0 Å². The van der Waals surface area contributed by atoms with E-state index in [0.717, 1.165) is 5.56 Å². The van der Waals surface area contributed by atoms with Gasteiger partial charge in [-0.2, -0.15) is 0 Å². The lowest BCUT2D eigenvalue weighted by Crippen LogP contribution is -2.51. The fourth-order valence-electron chi connectivity index (χ4n) is 3.00. The zero-order chi connectivity index (χ0) is 17.6. The first kappa shape index (κ1) is 17.1. The van der Waals surface area contributed by atoms with Crippen LogP contribution in [0.5, 0.6) is 0 Å². The molecule has 1 fully saturated rings. The number of benzene rings is 2. The Hall–Kier alpha value is -2.69. The SMILES string of the molecule is O=C(Cc1ccccc1)N1CCN(C(=O)Cc2ccccc2F)CC1. The fraction of sp³-hybridized carbons (Fsp3) is 0.300. The molecule has 0 atom stereocenters. The van der Waals surface area contributed by atoms with E-state index in [4.69, 9.17) is 0 Å². The highest BCUT2D eigenvalue weighted by Gasteiger charge is 2.24. The van der Waals surface area contributed by atoms with Crippen molar-refractivity contribution in [3.8, 4) is 0 Å². The van der Waals surface area contributed by atoms with Crippen LogP contribution in [0.25, 0.3) is 0 Å². The lowest BCUT2D eigenvalue weighted by Gasteiger charge is -2.35. The van der Waals surface area contributed by atoms with Crippen LogP contribution in [0.4, 0.5) is 4.39 Å². The molecule has 1 heterocycles. The van der Waals surface area contributed by atoms with E-state index in [9.17, 15) is 14.0 Å². The van der Waals surface area contributed by atoms with Gasteiger partial charge in [-0.3, -0.25) is 9.59 Å². The molecule has 1 aliphatic heterocycles. The molecule has 4 nitrogen and oxygen atoms in total. The zero-order valence-electron chi connectivity index (χ0n) is 14.0. The maximum absolute atomic E-state index is 13.7. The first-order valence-electron chi connectivity index (χ1n) is 8.46. The topological polar surface area (TPSA) is 40.6 Å². The smallest absolute Gasteiger partial charge is 0.227 e. The first-order chi connectivity index (χ1) is 12.1. The van der Waals surface area contributed by atoms with E-state index < -0.39 is 0 Å². The average Bonchev–Trinajstić information content (AvgIpc) is 2.64. The third-order valence-corrected chi connectivity index (χ3v) is 4.48. The molecule has 0 spiro atoms. The van der Waals surface area contributed by atoms with Crippen LogP contribution in [0.1, 0.15) is 11.1 Å². The van der Waals surface area contributed by atoms with Crippen LogP contribution in [0.2, 0.25) is 0 Å². The molecule has 130 valence electrons. The minimum absolute atomic E-state index is 0.0602. The van der Waals surface area contributed by atoms with Crippen LogP contribution in [-0.2, 0) is 22.4 Å². The average molecular weight is 340 g/mol. The second-order valence-corrected chi connectivity index (χ2v) is 6.19. The van der Waals surface area contributed by atoms with Crippen LogP contribution >= 0.6 is 0 Å². The van der Waals surface area contributed by atoms with Gasteiger partial charge in [0, 0.05) is 26.2 Å². The highest BCUT2D eigenvalue weighted by Crippen LogP contribution is 2.11. The minimum Gasteiger partial charge on any atom is -0.339 e. The lowest BCUT2D eigenvalue weighted by molar-refractivity contribution is -0.138. The van der Waals surface area contributed by atoms with E-state index in [2.05, 4.69) is 0 Å². The van der Waals surface area contributed by atoms with Gasteiger partial charge in [0.05, 0.1) is 12.8 Å². The molecule has 0 aromatic heterocycles. The number of halogens is 1. The maximum atomic E-state index is 13.7. The van der Waals surface area contributed by atoms with Crippen molar-refractivity contribution in [3.05, 3.63) is 71.5 Å². The van der Waals surface area contributed by atoms with Crippen molar-refractivity contribution in [2.45, 2.75) is 12.8 Å². The minimum atomic E-state index is -0.354. The summed E-state index contributed by atoms with van der Waals surface area (Å²) < 4.78 is 13.7. The second kappa shape index (κ2) is 7.92. The van der Waals surface area contributed by atoms with E-state index >= 15 is 0 Å². The summed E-state index contributed by atoms with van der Waals surface area (Å²) in [5.74, 6) is -0.375. The van der Waals surface area contributed by atoms with Gasteiger partial charge in [0.25, 0.3) is 0 Å². The van der Waals surface area contributed by atoms with E-state index in [1.165, 1.54) is 6.07 Å². The van der Waals surface area contributed by atoms with E-state index in [0.29, 0.717) is 38.2 Å². The Kier molecular flexibility index (Phi) is 5.43. The molecule has 0 radical (unpaired) electrons. The zero-order valence-corrected chi connectivity index (χ0v) is 14.0. The third kappa shape index (κ3) is 4.44. The highest BCUT2D eigenvalue weighted by molar-refractivity contribution is 5.81. The Labute approximate surface area is 146 Å².